The van der Waals surface area contributed by atoms with E-state index in [-0.39, 0.29) is 0 Å². The molecule has 0 aromatic heterocycles. The molecule has 0 amide bonds. The molecule has 0 aliphatic rings. The molecule has 1 unspecified atom stereocenters. The van der Waals surface area contributed by atoms with E-state index in [1.54, 1.807) is 0 Å². The molecule has 0 aliphatic carbocycles. The molecule has 3 heteroatoms. The van der Waals surface area contributed by atoms with Crippen LogP contribution in [0.1, 0.15) is 0 Å². The van der Waals surface area contributed by atoms with Gasteiger partial charge in [-0.25, -0.2) is 0 Å². The summed E-state index contributed by atoms with van der Waals surface area (Å²) < 4.78 is 0. The third-order valence-corrected chi connectivity index (χ3v) is 4.40. The maximum Gasteiger partial charge on any atom is 0.0915 e. The van der Waals surface area contributed by atoms with Gasteiger partial charge in [-0.3, -0.25) is 0 Å². The van der Waals surface area contributed by atoms with Gasteiger partial charge in [0.1, 0.15) is 0 Å². The lowest BCUT2D eigenvalue weighted by Gasteiger charge is -2.05. The Morgan fingerprint density at radius 3 is 2.46 bits per heavy atom. The summed E-state index contributed by atoms with van der Waals surface area (Å²) in [5, 5.41) is 3.67. The van der Waals surface area contributed by atoms with Crippen LogP contribution in [0.4, 0.5) is 0 Å². The molecular weight excluding hydrogens is 266 g/mol. The van der Waals surface area contributed by atoms with Gasteiger partial charge in [-0.15, -0.1) is 0 Å². The lowest BCUT2D eigenvalue weighted by molar-refractivity contribution is 1.78. The minimum absolute atomic E-state index is 0.711. The first-order chi connectivity index (χ1) is 6.29. The minimum Gasteiger partial charge on any atom is -0.0781 e. The average molecular weight is 273 g/mol. The van der Waals surface area contributed by atoms with Crippen molar-refractivity contribution in [3.8, 4) is 0 Å². The summed E-state index contributed by atoms with van der Waals surface area (Å²) in [7, 11) is 0. The van der Waals surface area contributed by atoms with Crippen LogP contribution in [0.15, 0.2) is 42.5 Å². The van der Waals surface area contributed by atoms with Crippen molar-refractivity contribution in [3.05, 3.63) is 42.5 Å². The van der Waals surface area contributed by atoms with Crippen molar-refractivity contribution in [2.75, 3.05) is 0 Å². The Labute approximate surface area is 91.2 Å². The van der Waals surface area contributed by atoms with Crippen LogP contribution >= 0.6 is 32.7 Å². The average Bonchev–Trinajstić information content (AvgIpc) is 2.17. The quantitative estimate of drug-likeness (QED) is 0.675. The second kappa shape index (κ2) is 3.96. The highest BCUT2D eigenvalue weighted by molar-refractivity contribution is 9.42. The van der Waals surface area contributed by atoms with E-state index < -0.39 is 5.98 Å². The molecule has 0 radical (unpaired) electrons. The highest BCUT2D eigenvalue weighted by Gasteiger charge is 2.06. The third kappa shape index (κ3) is 1.88. The fourth-order valence-corrected chi connectivity index (χ4v) is 3.31. The zero-order valence-electron chi connectivity index (χ0n) is 6.74. The molecular formula is C10H7BrClP. The first-order valence-electron chi connectivity index (χ1n) is 3.88. The fourth-order valence-electron chi connectivity index (χ4n) is 1.36. The van der Waals surface area contributed by atoms with E-state index in [0.717, 1.165) is 0 Å². The van der Waals surface area contributed by atoms with Gasteiger partial charge in [-0.2, -0.15) is 0 Å². The summed E-state index contributed by atoms with van der Waals surface area (Å²) in [6.07, 6.45) is 0. The molecule has 0 saturated carbocycles. The summed E-state index contributed by atoms with van der Waals surface area (Å²) >= 11 is 9.50. The van der Waals surface area contributed by atoms with Crippen molar-refractivity contribution in [2.24, 2.45) is 0 Å². The standard InChI is InChI=1S/C10H7BrClP/c11-13(12)10-7-3-5-8-4-1-2-6-9(8)10/h1-7H. The zero-order chi connectivity index (χ0) is 9.26. The monoisotopic (exact) mass is 272 g/mol. The normalized spacial score (nSPS) is 13.1. The highest BCUT2D eigenvalue weighted by atomic mass is 79.9. The van der Waals surface area contributed by atoms with Crippen LogP contribution in [0.5, 0.6) is 0 Å². The number of hydrogen-bond donors (Lipinski definition) is 0. The van der Waals surface area contributed by atoms with Crippen molar-refractivity contribution in [1.82, 2.24) is 0 Å². The highest BCUT2D eigenvalue weighted by Crippen LogP contribution is 2.49. The lowest BCUT2D eigenvalue weighted by atomic mass is 10.1. The molecule has 0 bridgehead atoms. The second-order valence-corrected chi connectivity index (χ2v) is 8.05. The van der Waals surface area contributed by atoms with E-state index in [1.807, 2.05) is 18.2 Å². The van der Waals surface area contributed by atoms with Crippen LogP contribution in [-0.2, 0) is 0 Å². The molecule has 0 nitrogen and oxygen atoms in total. The number of rotatable bonds is 1. The van der Waals surface area contributed by atoms with Crippen molar-refractivity contribution < 1.29 is 0 Å². The van der Waals surface area contributed by atoms with Gasteiger partial charge in [0, 0.05) is 5.30 Å². The summed E-state index contributed by atoms with van der Waals surface area (Å²) in [4.78, 5) is 0. The maximum atomic E-state index is 6.06. The van der Waals surface area contributed by atoms with Crippen molar-refractivity contribution in [3.63, 3.8) is 0 Å². The maximum absolute atomic E-state index is 6.06. The molecule has 66 valence electrons. The van der Waals surface area contributed by atoms with Gasteiger partial charge >= 0.3 is 0 Å². The van der Waals surface area contributed by atoms with E-state index in [2.05, 4.69) is 39.8 Å². The van der Waals surface area contributed by atoms with Gasteiger partial charge in [0.25, 0.3) is 0 Å². The molecule has 2 aromatic rings. The molecule has 0 spiro atoms. The second-order valence-electron chi connectivity index (χ2n) is 2.73. The SMILES string of the molecule is ClP(Br)c1cccc2ccccc12. The molecule has 0 fully saturated rings. The molecule has 0 aliphatic heterocycles. The first kappa shape index (κ1) is 9.45. The Morgan fingerprint density at radius 1 is 1.00 bits per heavy atom. The molecule has 0 N–H and O–H groups in total. The number of fused-ring (bicyclic) bond motifs is 1. The van der Waals surface area contributed by atoms with Crippen molar-refractivity contribution in [2.45, 2.75) is 0 Å². The number of hydrogen-bond acceptors (Lipinski definition) is 0. The molecule has 13 heavy (non-hydrogen) atoms. The molecule has 1 atom stereocenters. The van der Waals surface area contributed by atoms with Gasteiger partial charge in [0.05, 0.1) is 5.98 Å². The van der Waals surface area contributed by atoms with E-state index in [0.29, 0.717) is 0 Å². The van der Waals surface area contributed by atoms with E-state index in [1.165, 1.54) is 16.1 Å². The Kier molecular flexibility index (Phi) is 2.88. The van der Waals surface area contributed by atoms with E-state index in [4.69, 9.17) is 11.2 Å². The summed E-state index contributed by atoms with van der Waals surface area (Å²) in [6, 6.07) is 14.5. The van der Waals surface area contributed by atoms with Gasteiger partial charge in [0.15, 0.2) is 0 Å². The van der Waals surface area contributed by atoms with Crippen LogP contribution in [0.3, 0.4) is 0 Å². The van der Waals surface area contributed by atoms with Crippen molar-refractivity contribution in [1.29, 1.82) is 0 Å². The van der Waals surface area contributed by atoms with Crippen LogP contribution in [0.25, 0.3) is 10.8 Å². The Bertz CT molecular complexity index is 423. The van der Waals surface area contributed by atoms with Gasteiger partial charge in [-0.1, -0.05) is 53.7 Å². The van der Waals surface area contributed by atoms with Gasteiger partial charge < -0.3 is 0 Å². The summed E-state index contributed by atoms with van der Waals surface area (Å²) in [6.45, 7) is 0. The Morgan fingerprint density at radius 2 is 1.69 bits per heavy atom. The summed E-state index contributed by atoms with van der Waals surface area (Å²) in [5.41, 5.74) is 0. The Balaban J connectivity index is 2.76. The Hall–Kier alpha value is -0.100. The number of halogens is 2. The lowest BCUT2D eigenvalue weighted by Crippen LogP contribution is -1.95. The van der Waals surface area contributed by atoms with Crippen LogP contribution in [0, 0.1) is 0 Å². The van der Waals surface area contributed by atoms with E-state index >= 15 is 0 Å². The van der Waals surface area contributed by atoms with E-state index in [9.17, 15) is 0 Å². The van der Waals surface area contributed by atoms with Crippen molar-refractivity contribution >= 4 is 48.8 Å². The molecule has 2 aromatic carbocycles. The number of benzene rings is 2. The van der Waals surface area contributed by atoms with Gasteiger partial charge in [-0.05, 0) is 26.3 Å². The predicted octanol–water partition coefficient (Wildman–Crippen LogP) is 4.41. The molecule has 0 saturated heterocycles. The van der Waals surface area contributed by atoms with Crippen LogP contribution in [-0.4, -0.2) is 0 Å². The predicted molar refractivity (Wildman–Crippen MR) is 65.3 cm³/mol. The molecule has 0 heterocycles. The first-order valence-corrected chi connectivity index (χ1v) is 8.15. The van der Waals surface area contributed by atoms with Crippen LogP contribution in [0.2, 0.25) is 0 Å². The topological polar surface area (TPSA) is 0 Å². The smallest absolute Gasteiger partial charge is 0.0781 e. The van der Waals surface area contributed by atoms with Gasteiger partial charge in [0.2, 0.25) is 0 Å². The largest absolute Gasteiger partial charge is 0.0915 e. The summed E-state index contributed by atoms with van der Waals surface area (Å²) in [5.74, 6) is -0.711. The molecule has 2 rings (SSSR count). The zero-order valence-corrected chi connectivity index (χ0v) is 9.98. The third-order valence-electron chi connectivity index (χ3n) is 1.95. The van der Waals surface area contributed by atoms with Crippen LogP contribution < -0.4 is 5.30 Å². The fraction of sp³-hybridized carbons (Fsp3) is 0. The minimum atomic E-state index is -0.711.